The number of nitrogens with one attached hydrogen (secondary N) is 2. The van der Waals surface area contributed by atoms with Crippen LogP contribution in [-0.2, 0) is 67.2 Å². The number of fused-ring (bicyclic) bond motifs is 2. The molecule has 0 spiro atoms. The molecule has 31 nitrogen and oxygen atoms in total. The molecule has 3 aromatic heterocycles. The Morgan fingerprint density at radius 2 is 1.40 bits per heavy atom. The Labute approximate surface area is 647 Å². The molecule has 3 aliphatic heterocycles. The third-order valence-electron chi connectivity index (χ3n) is 22.2. The number of nitrogens with zero attached hydrogens (tertiary/aromatic N) is 6. The highest BCUT2D eigenvalue weighted by atomic mass is 32.1. The molecule has 7 aliphatic rings. The van der Waals surface area contributed by atoms with Gasteiger partial charge in [-0.05, 0) is 159 Å². The van der Waals surface area contributed by atoms with E-state index in [-0.39, 0.29) is 103 Å². The zero-order valence-corrected chi connectivity index (χ0v) is 62.9. The van der Waals surface area contributed by atoms with Crippen LogP contribution in [0, 0.1) is 23.2 Å². The van der Waals surface area contributed by atoms with Gasteiger partial charge in [-0.25, -0.2) is 29.1 Å². The lowest BCUT2D eigenvalue weighted by Crippen LogP contribution is -2.64. The van der Waals surface area contributed by atoms with Gasteiger partial charge >= 0.3 is 24.0 Å². The number of aromatic carboxylic acids is 1. The number of ether oxygens (including phenoxy) is 6. The lowest BCUT2D eigenvalue weighted by Gasteiger charge is -2.69. The molecule has 4 saturated carbocycles. The third-order valence-corrected chi connectivity index (χ3v) is 23.2. The van der Waals surface area contributed by atoms with Crippen molar-refractivity contribution in [3.05, 3.63) is 137 Å². The van der Waals surface area contributed by atoms with Gasteiger partial charge in [0.15, 0.2) is 29.3 Å². The fourth-order valence-electron chi connectivity index (χ4n) is 18.0. The van der Waals surface area contributed by atoms with Crippen LogP contribution in [0.4, 0.5) is 9.93 Å². The normalized spacial score (nSPS) is 27.2. The first-order valence-corrected chi connectivity index (χ1v) is 38.4. The van der Waals surface area contributed by atoms with Crippen molar-refractivity contribution in [1.29, 1.82) is 0 Å². The summed E-state index contributed by atoms with van der Waals surface area (Å²) < 4.78 is 38.7. The maximum Gasteiger partial charge on any atom is 0.410 e. The average molecular weight is 1570 g/mol. The van der Waals surface area contributed by atoms with Crippen molar-refractivity contribution in [2.75, 3.05) is 44.7 Å². The first kappa shape index (κ1) is 80.3. The van der Waals surface area contributed by atoms with Crippen LogP contribution in [0.15, 0.2) is 109 Å². The van der Waals surface area contributed by atoms with Gasteiger partial charge in [0, 0.05) is 84.8 Å². The smallest absolute Gasteiger partial charge is 0.410 e. The second-order valence-electron chi connectivity index (χ2n) is 31.2. The topological polar surface area (TPSA) is 448 Å². The van der Waals surface area contributed by atoms with E-state index in [1.807, 2.05) is 60.1 Å². The number of carbonyl (C=O) groups excluding carboxylic acids is 5. The van der Waals surface area contributed by atoms with Gasteiger partial charge in [0.25, 0.3) is 17.7 Å². The molecular weight excluding hydrogens is 1470 g/mol. The summed E-state index contributed by atoms with van der Waals surface area (Å²) >= 11 is 1.37. The molecule has 32 heteroatoms. The second kappa shape index (κ2) is 33.5. The molecular formula is C80H92N8O23S. The van der Waals surface area contributed by atoms with Gasteiger partial charge in [-0.1, -0.05) is 80.1 Å². The van der Waals surface area contributed by atoms with Crippen LogP contribution in [0.5, 0.6) is 5.75 Å². The molecule has 5 amide bonds. The molecule has 7 aromatic rings. The molecule has 0 radical (unpaired) electrons. The van der Waals surface area contributed by atoms with Crippen molar-refractivity contribution < 1.29 is 113 Å². The number of aliphatic carboxylic acids is 2. The summed E-state index contributed by atoms with van der Waals surface area (Å²) in [6, 6.07) is 26.9. The highest BCUT2D eigenvalue weighted by molar-refractivity contribution is 7.22. The molecule has 2 saturated heterocycles. The molecule has 112 heavy (non-hydrogen) atoms. The lowest BCUT2D eigenvalue weighted by molar-refractivity contribution is -0.294. The number of aliphatic hydroxyl groups excluding tert-OH is 6. The predicted octanol–water partition coefficient (Wildman–Crippen LogP) is 6.90. The maximum absolute atomic E-state index is 14.7. The number of thiazole rings is 1. The van der Waals surface area contributed by atoms with Crippen LogP contribution >= 0.6 is 11.3 Å². The van der Waals surface area contributed by atoms with Crippen molar-refractivity contribution in [3.63, 3.8) is 0 Å². The third kappa shape index (κ3) is 17.7. The molecule has 11 N–H and O–H groups in total. The van der Waals surface area contributed by atoms with Crippen LogP contribution in [-0.4, -0.2) is 230 Å². The van der Waals surface area contributed by atoms with Crippen molar-refractivity contribution in [1.82, 2.24) is 34.9 Å². The highest BCUT2D eigenvalue weighted by Gasteiger charge is 2.66. The van der Waals surface area contributed by atoms with E-state index < -0.39 is 97.6 Å². The van der Waals surface area contributed by atoms with Crippen molar-refractivity contribution >= 4 is 85.1 Å². The molecule has 596 valence electrons. The predicted molar refractivity (Wildman–Crippen MR) is 401 cm³/mol. The van der Waals surface area contributed by atoms with Gasteiger partial charge in [0.1, 0.15) is 49.0 Å². The number of aliphatic hydroxyl groups is 6. The number of carboxylic acid groups (broad SMARTS) is 3. The van der Waals surface area contributed by atoms with Crippen LogP contribution in [0.25, 0.3) is 43.4 Å². The Hall–Kier alpha value is -9.71. The summed E-state index contributed by atoms with van der Waals surface area (Å²) in [5.74, 6) is -5.76. The van der Waals surface area contributed by atoms with Gasteiger partial charge in [-0.2, -0.15) is 5.10 Å². The van der Waals surface area contributed by atoms with E-state index in [1.54, 1.807) is 48.7 Å². The van der Waals surface area contributed by atoms with Crippen LogP contribution in [0.2, 0.25) is 0 Å². The maximum atomic E-state index is 14.7. The molecule has 14 rings (SSSR count). The summed E-state index contributed by atoms with van der Waals surface area (Å²) in [5, 5.41) is 107. The summed E-state index contributed by atoms with van der Waals surface area (Å²) in [5.41, 5.74) is 3.15. The summed E-state index contributed by atoms with van der Waals surface area (Å²) in [7, 11) is 0. The molecule has 12 atom stereocenters. The Kier molecular flexibility index (Phi) is 24.1. The van der Waals surface area contributed by atoms with Gasteiger partial charge in [0.2, 0.25) is 12.2 Å². The minimum atomic E-state index is -2.02. The number of hydrogen-bond acceptors (Lipinski definition) is 24. The number of pyridine rings is 1. The molecule has 6 heterocycles. The Morgan fingerprint density at radius 1 is 0.688 bits per heavy atom. The van der Waals surface area contributed by atoms with E-state index in [0.29, 0.717) is 115 Å². The van der Waals surface area contributed by atoms with E-state index >= 15 is 0 Å². The van der Waals surface area contributed by atoms with Gasteiger partial charge in [-0.3, -0.25) is 34.1 Å². The molecule has 6 fully saturated rings. The Bertz CT molecular complexity index is 4690. The fraction of sp³-hybridized carbons (Fsp3) is 0.487. The number of aryl methyl sites for hydroxylation is 1. The first-order chi connectivity index (χ1) is 53.5. The van der Waals surface area contributed by atoms with E-state index in [1.165, 1.54) is 28.4 Å². The number of hydrogen-bond donors (Lipinski definition) is 11. The number of aromatic nitrogens is 4. The minimum Gasteiger partial charge on any atom is -0.479 e. The minimum absolute atomic E-state index is 0.00750. The van der Waals surface area contributed by atoms with E-state index in [0.717, 1.165) is 45.5 Å². The summed E-state index contributed by atoms with van der Waals surface area (Å²) in [6.45, 7) is 6.68. The van der Waals surface area contributed by atoms with Crippen molar-refractivity contribution in [2.24, 2.45) is 16.2 Å². The van der Waals surface area contributed by atoms with E-state index in [4.69, 9.17) is 38.5 Å². The van der Waals surface area contributed by atoms with Crippen LogP contribution in [0.1, 0.15) is 135 Å². The van der Waals surface area contributed by atoms with Crippen LogP contribution < -0.4 is 15.4 Å². The molecule has 4 aromatic carbocycles. The zero-order chi connectivity index (χ0) is 79.6. The number of carboxylic acids is 3. The van der Waals surface area contributed by atoms with Crippen LogP contribution in [0.3, 0.4) is 0 Å². The van der Waals surface area contributed by atoms with E-state index in [2.05, 4.69) is 29.5 Å². The standard InChI is InChI=1S/C80H92N8O23S/c1-44-52(49-23-24-53(83-60(49)70(99)100)47-22-21-46-14-11-15-50(51(46)34-47)69(98)85-75-84-54-16-6-7-17-56(54)112-75)35-82-88(44)43-79-38-77(2)37-78(3,39-79)41-80(40-77,42-79)108-32-30-86(28-12-31-106-73-65(96)61(92)63(94)67(110-73)71(101)102)76(105)107-36-48-20-19-45(33-55(48)109-74-66(97)62(93)64(95)68(111-74)72(103)104)13-8-9-27-81-57(89)18-5-4-10-29-87-58(90)25-26-59(87)91/h6-7,11,14-17,19-26,33-35,61-68,73-74,92-97H,4-5,8-10,12-13,18,27-32,36-43H2,1-3H3,(H,81,89)(H,99,100)(H,101,102)(H,103,104)(H,84,85,98)/t61-,62-,63-,64-,65+,66?,67-,68-,73+,74+,77?,78?,79?,80?/m0/s1. The highest BCUT2D eigenvalue weighted by Crippen LogP contribution is 2.72. The number of rotatable bonds is 33. The first-order valence-electron chi connectivity index (χ1n) is 37.6. The monoisotopic (exact) mass is 1560 g/mol. The zero-order valence-electron chi connectivity index (χ0n) is 62.1. The second-order valence-corrected chi connectivity index (χ2v) is 32.2. The number of anilines is 1. The van der Waals surface area contributed by atoms with E-state index in [9.17, 15) is 84.3 Å². The number of unbranched alkanes of at least 4 members (excludes halogenated alkanes) is 3. The Balaban J connectivity index is 0.690. The number of amides is 5. The summed E-state index contributed by atoms with van der Waals surface area (Å²) in [6.07, 6.45) is -7.70. The van der Waals surface area contributed by atoms with Crippen molar-refractivity contribution in [2.45, 2.75) is 191 Å². The lowest BCUT2D eigenvalue weighted by atomic mass is 9.39. The Morgan fingerprint density at radius 3 is 2.12 bits per heavy atom. The SMILES string of the molecule is Cc1c(-c2ccc(-c3ccc4cccc(C(=O)Nc5nc6ccccc6s5)c4c3)nc2C(=O)O)cnn1CC12CC3(C)CC(C)(C1)CC(OCCN(CCCO[C@@H]1O[C@H](C(=O)O)[C@@H](O)[C@H](O)[C@H]1O)C(=O)OCc1ccc(CCCCNC(=O)CCCCCN4C(=O)C=CC4=O)cc1O[C@@H]1O[C@H](C(=O)O)[C@@H](O)[C@H](O)C1O)(C3)C2. The number of benzene rings is 4. The number of carbonyl (C=O) groups is 8. The molecule has 4 bridgehead atoms. The van der Waals surface area contributed by atoms with Gasteiger partial charge in [-0.15, -0.1) is 0 Å². The molecule has 3 unspecified atom stereocenters. The molecule has 4 aliphatic carbocycles. The number of para-hydroxylation sites is 1. The largest absolute Gasteiger partial charge is 0.479 e. The fourth-order valence-corrected chi connectivity index (χ4v) is 18.9. The van der Waals surface area contributed by atoms with Crippen molar-refractivity contribution in [3.8, 4) is 28.1 Å². The quantitative estimate of drug-likeness (QED) is 0.0147. The number of imide groups is 1. The van der Waals surface area contributed by atoms with Gasteiger partial charge in [0.05, 0.1) is 40.9 Å². The summed E-state index contributed by atoms with van der Waals surface area (Å²) in [4.78, 5) is 114. The van der Waals surface area contributed by atoms with Gasteiger partial charge < -0.3 is 84.6 Å². The average Bonchev–Trinajstić information content (AvgIpc) is 0.784.